The molecule has 0 aliphatic heterocycles. The molecule has 1 aromatic heterocycles. The number of aromatic amines is 1. The van der Waals surface area contributed by atoms with Gasteiger partial charge < -0.3 is 19.6 Å². The molecule has 1 heterocycles. The summed E-state index contributed by atoms with van der Waals surface area (Å²) in [5, 5.41) is 30.7. The molecule has 0 aliphatic carbocycles. The number of fused-ring (bicyclic) bond motifs is 1. The highest BCUT2D eigenvalue weighted by Crippen LogP contribution is 2.38. The Morgan fingerprint density at radius 1 is 1.43 bits per heavy atom. The van der Waals surface area contributed by atoms with Gasteiger partial charge in [0.25, 0.3) is 0 Å². The highest BCUT2D eigenvalue weighted by molar-refractivity contribution is 5.91. The maximum Gasteiger partial charge on any atom is 0.315 e. The first-order valence-corrected chi connectivity index (χ1v) is 8.27. The van der Waals surface area contributed by atoms with Gasteiger partial charge in [0.2, 0.25) is 5.75 Å². The third-order valence-corrected chi connectivity index (χ3v) is 3.95. The minimum atomic E-state index is -0.714. The number of hydrogen-bond acceptors (Lipinski definition) is 7. The second-order valence-corrected chi connectivity index (χ2v) is 5.72. The van der Waals surface area contributed by atoms with Crippen molar-refractivity contribution in [1.82, 2.24) is 9.97 Å². The highest BCUT2D eigenvalue weighted by Gasteiger charge is 2.20. The van der Waals surface area contributed by atoms with Crippen molar-refractivity contribution in [3.05, 3.63) is 51.8 Å². The first-order valence-electron chi connectivity index (χ1n) is 8.27. The SMILES string of the molecule is CCOc1cc(/C=C(\C#N)c2nc3ccc(OC)cc3[nH]2)cc([N+](=O)[O-])c1O. The number of allylic oxidation sites excluding steroid dienone is 1. The Labute approximate surface area is 159 Å². The summed E-state index contributed by atoms with van der Waals surface area (Å²) in [6, 6.07) is 9.88. The number of methoxy groups -OCH3 is 1. The molecule has 9 nitrogen and oxygen atoms in total. The van der Waals surface area contributed by atoms with Gasteiger partial charge in [0.05, 0.1) is 35.2 Å². The molecule has 0 saturated carbocycles. The van der Waals surface area contributed by atoms with Gasteiger partial charge in [0.15, 0.2) is 5.75 Å². The van der Waals surface area contributed by atoms with Gasteiger partial charge in [-0.3, -0.25) is 10.1 Å². The van der Waals surface area contributed by atoms with Gasteiger partial charge >= 0.3 is 5.69 Å². The van der Waals surface area contributed by atoms with Crippen molar-refractivity contribution in [2.24, 2.45) is 0 Å². The Kier molecular flexibility index (Phi) is 5.13. The van der Waals surface area contributed by atoms with Crippen LogP contribution in [0, 0.1) is 21.4 Å². The van der Waals surface area contributed by atoms with Crippen molar-refractivity contribution >= 4 is 28.4 Å². The Morgan fingerprint density at radius 3 is 2.86 bits per heavy atom. The minimum absolute atomic E-state index is 0.0328. The van der Waals surface area contributed by atoms with Crippen molar-refractivity contribution < 1.29 is 19.5 Å². The molecule has 0 bridgehead atoms. The molecule has 2 aromatic carbocycles. The third kappa shape index (κ3) is 3.57. The molecule has 28 heavy (non-hydrogen) atoms. The largest absolute Gasteiger partial charge is 0.500 e. The van der Waals surface area contributed by atoms with Crippen LogP contribution >= 0.6 is 0 Å². The van der Waals surface area contributed by atoms with Crippen LogP contribution in [-0.4, -0.2) is 33.7 Å². The van der Waals surface area contributed by atoms with E-state index in [1.54, 1.807) is 32.2 Å². The van der Waals surface area contributed by atoms with Gasteiger partial charge in [-0.25, -0.2) is 4.98 Å². The monoisotopic (exact) mass is 380 g/mol. The average molecular weight is 380 g/mol. The number of nitriles is 1. The number of phenolic OH excluding ortho intramolecular Hbond substituents is 1. The summed E-state index contributed by atoms with van der Waals surface area (Å²) < 4.78 is 10.4. The van der Waals surface area contributed by atoms with E-state index in [-0.39, 0.29) is 17.9 Å². The molecular formula is C19H16N4O5. The lowest BCUT2D eigenvalue weighted by Gasteiger charge is -2.07. The van der Waals surface area contributed by atoms with E-state index in [1.165, 1.54) is 18.2 Å². The summed E-state index contributed by atoms with van der Waals surface area (Å²) >= 11 is 0. The summed E-state index contributed by atoms with van der Waals surface area (Å²) in [5.74, 6) is 0.355. The quantitative estimate of drug-likeness (QED) is 0.378. The molecule has 0 unspecified atom stereocenters. The Morgan fingerprint density at radius 2 is 2.21 bits per heavy atom. The number of nitro benzene ring substituents is 1. The molecular weight excluding hydrogens is 364 g/mol. The van der Waals surface area contributed by atoms with Gasteiger partial charge in [-0.05, 0) is 36.8 Å². The summed E-state index contributed by atoms with van der Waals surface area (Å²) in [4.78, 5) is 17.9. The number of H-pyrrole nitrogens is 1. The fourth-order valence-electron chi connectivity index (χ4n) is 2.67. The number of nitrogens with one attached hydrogen (secondary N) is 1. The van der Waals surface area contributed by atoms with E-state index in [4.69, 9.17) is 9.47 Å². The van der Waals surface area contributed by atoms with Gasteiger partial charge in [0.1, 0.15) is 17.6 Å². The predicted molar refractivity (Wildman–Crippen MR) is 102 cm³/mol. The van der Waals surface area contributed by atoms with Crippen LogP contribution in [0.2, 0.25) is 0 Å². The summed E-state index contributed by atoms with van der Waals surface area (Å²) in [6.45, 7) is 1.91. The third-order valence-electron chi connectivity index (χ3n) is 3.95. The standard InChI is InChI=1S/C19H16N4O5/c1-3-28-17-8-11(7-16(18(17)24)23(25)26)6-12(10-20)19-21-14-5-4-13(27-2)9-15(14)22-19/h4-9,24H,3H2,1-2H3,(H,21,22)/b12-6+. The first kappa shape index (κ1) is 18.7. The van der Waals surface area contributed by atoms with E-state index in [0.717, 1.165) is 0 Å². The highest BCUT2D eigenvalue weighted by atomic mass is 16.6. The molecule has 3 rings (SSSR count). The molecule has 0 spiro atoms. The minimum Gasteiger partial charge on any atom is -0.500 e. The van der Waals surface area contributed by atoms with E-state index >= 15 is 0 Å². The number of aromatic nitrogens is 2. The lowest BCUT2D eigenvalue weighted by atomic mass is 10.1. The Balaban J connectivity index is 2.10. The molecule has 0 amide bonds. The number of rotatable bonds is 6. The zero-order chi connectivity index (χ0) is 20.3. The lowest BCUT2D eigenvalue weighted by molar-refractivity contribution is -0.386. The molecule has 0 radical (unpaired) electrons. The van der Waals surface area contributed by atoms with Crippen molar-refractivity contribution in [3.63, 3.8) is 0 Å². The number of phenols is 1. The normalized spacial score (nSPS) is 11.2. The number of ether oxygens (including phenoxy) is 2. The molecule has 2 N–H and O–H groups in total. The van der Waals surface area contributed by atoms with Crippen molar-refractivity contribution in [1.29, 1.82) is 5.26 Å². The molecule has 0 aliphatic rings. The number of nitrogens with zero attached hydrogens (tertiary/aromatic N) is 3. The molecule has 3 aromatic rings. The van der Waals surface area contributed by atoms with E-state index in [2.05, 4.69) is 9.97 Å². The van der Waals surface area contributed by atoms with Gasteiger partial charge in [0, 0.05) is 12.1 Å². The fourth-order valence-corrected chi connectivity index (χ4v) is 2.67. The van der Waals surface area contributed by atoms with Crippen LogP contribution in [0.1, 0.15) is 18.3 Å². The Bertz CT molecular complexity index is 1130. The zero-order valence-electron chi connectivity index (χ0n) is 15.1. The fraction of sp³-hybridized carbons (Fsp3) is 0.158. The van der Waals surface area contributed by atoms with Gasteiger partial charge in [-0.1, -0.05) is 0 Å². The summed E-state index contributed by atoms with van der Waals surface area (Å²) in [5.41, 5.74) is 1.30. The van der Waals surface area contributed by atoms with Crippen molar-refractivity contribution in [3.8, 4) is 23.3 Å². The van der Waals surface area contributed by atoms with Crippen LogP contribution in [0.25, 0.3) is 22.7 Å². The number of benzene rings is 2. The van der Waals surface area contributed by atoms with Crippen LogP contribution < -0.4 is 9.47 Å². The first-order chi connectivity index (χ1) is 13.5. The van der Waals surface area contributed by atoms with Gasteiger partial charge in [-0.15, -0.1) is 0 Å². The smallest absolute Gasteiger partial charge is 0.315 e. The molecule has 9 heteroatoms. The lowest BCUT2D eigenvalue weighted by Crippen LogP contribution is -1.96. The molecule has 0 fully saturated rings. The van der Waals surface area contributed by atoms with Crippen LogP contribution in [-0.2, 0) is 0 Å². The number of aromatic hydroxyl groups is 1. The summed E-state index contributed by atoms with van der Waals surface area (Å²) in [7, 11) is 1.55. The van der Waals surface area contributed by atoms with Crippen molar-refractivity contribution in [2.75, 3.05) is 13.7 Å². The summed E-state index contributed by atoms with van der Waals surface area (Å²) in [6.07, 6.45) is 1.43. The maximum absolute atomic E-state index is 11.2. The second-order valence-electron chi connectivity index (χ2n) is 5.72. The predicted octanol–water partition coefficient (Wildman–Crippen LogP) is 3.65. The van der Waals surface area contributed by atoms with E-state index < -0.39 is 16.4 Å². The topological polar surface area (TPSA) is 134 Å². The number of imidazole rings is 1. The van der Waals surface area contributed by atoms with E-state index in [1.807, 2.05) is 6.07 Å². The number of hydrogen-bond donors (Lipinski definition) is 2. The molecule has 0 saturated heterocycles. The van der Waals surface area contributed by atoms with Crippen LogP contribution in [0.4, 0.5) is 5.69 Å². The zero-order valence-corrected chi connectivity index (χ0v) is 15.1. The van der Waals surface area contributed by atoms with Crippen LogP contribution in [0.15, 0.2) is 30.3 Å². The van der Waals surface area contributed by atoms with Crippen LogP contribution in [0.5, 0.6) is 17.2 Å². The Hall–Kier alpha value is -4.06. The van der Waals surface area contributed by atoms with Crippen molar-refractivity contribution in [2.45, 2.75) is 6.92 Å². The molecule has 0 atom stereocenters. The van der Waals surface area contributed by atoms with Crippen LogP contribution in [0.3, 0.4) is 0 Å². The van der Waals surface area contributed by atoms with Gasteiger partial charge in [-0.2, -0.15) is 5.26 Å². The average Bonchev–Trinajstić information content (AvgIpc) is 3.11. The molecule has 142 valence electrons. The van der Waals surface area contributed by atoms with E-state index in [9.17, 15) is 20.5 Å². The van der Waals surface area contributed by atoms with E-state index in [0.29, 0.717) is 28.2 Å². The maximum atomic E-state index is 11.2. The second kappa shape index (κ2) is 7.67. The number of nitro groups is 1.